The van der Waals surface area contributed by atoms with Crippen LogP contribution in [0.2, 0.25) is 0 Å². The predicted octanol–water partition coefficient (Wildman–Crippen LogP) is 5.29. The number of carbonyl (C=O) groups excluding carboxylic acids is 2. The van der Waals surface area contributed by atoms with E-state index in [1.54, 1.807) is 31.2 Å². The fourth-order valence-electron chi connectivity index (χ4n) is 3.04. The first-order valence-electron chi connectivity index (χ1n) is 10.6. The fourth-order valence-corrected chi connectivity index (χ4v) is 3.04. The average molecular weight is 417 g/mol. The standard InChI is InChI=1S/C26H28N2O3/c1-3-4-18-27-26(30)22-10-14-23(15-11-22)28-25(29)19(2)31-24-16-12-21(13-17-24)20-8-6-5-7-9-20/h5-17,19H,3-4,18H2,1-2H3,(H,27,30)(H,28,29). The van der Waals surface area contributed by atoms with Gasteiger partial charge in [0.05, 0.1) is 0 Å². The fraction of sp³-hybridized carbons (Fsp3) is 0.231. The Morgan fingerprint density at radius 2 is 1.52 bits per heavy atom. The number of carbonyl (C=O) groups is 2. The smallest absolute Gasteiger partial charge is 0.265 e. The maximum Gasteiger partial charge on any atom is 0.265 e. The summed E-state index contributed by atoms with van der Waals surface area (Å²) >= 11 is 0. The number of amides is 2. The van der Waals surface area contributed by atoms with Crippen LogP contribution in [0.15, 0.2) is 78.9 Å². The van der Waals surface area contributed by atoms with Crippen molar-refractivity contribution in [2.45, 2.75) is 32.8 Å². The topological polar surface area (TPSA) is 67.4 Å². The molecular formula is C26H28N2O3. The molecule has 31 heavy (non-hydrogen) atoms. The highest BCUT2D eigenvalue weighted by Gasteiger charge is 2.15. The summed E-state index contributed by atoms with van der Waals surface area (Å²) in [5.74, 6) is 0.260. The van der Waals surface area contributed by atoms with Gasteiger partial charge in [0.2, 0.25) is 0 Å². The van der Waals surface area contributed by atoms with Crippen molar-refractivity contribution < 1.29 is 14.3 Å². The van der Waals surface area contributed by atoms with E-state index in [1.807, 2.05) is 54.6 Å². The summed E-state index contributed by atoms with van der Waals surface area (Å²) in [5, 5.41) is 5.70. The summed E-state index contributed by atoms with van der Waals surface area (Å²) in [7, 11) is 0. The lowest BCUT2D eigenvalue weighted by atomic mass is 10.1. The molecule has 3 aromatic carbocycles. The second-order valence-electron chi connectivity index (χ2n) is 7.33. The highest BCUT2D eigenvalue weighted by atomic mass is 16.5. The summed E-state index contributed by atoms with van der Waals surface area (Å²) in [6.45, 7) is 4.44. The van der Waals surface area contributed by atoms with Crippen molar-refractivity contribution in [2.75, 3.05) is 11.9 Å². The minimum Gasteiger partial charge on any atom is -0.481 e. The highest BCUT2D eigenvalue weighted by Crippen LogP contribution is 2.23. The van der Waals surface area contributed by atoms with E-state index in [-0.39, 0.29) is 11.8 Å². The summed E-state index contributed by atoms with van der Waals surface area (Å²) in [4.78, 5) is 24.5. The number of ether oxygens (including phenoxy) is 1. The Balaban J connectivity index is 1.52. The summed E-state index contributed by atoms with van der Waals surface area (Å²) in [6.07, 6.45) is 1.31. The minimum atomic E-state index is -0.667. The molecule has 0 bridgehead atoms. The molecule has 1 atom stereocenters. The Kier molecular flexibility index (Phi) is 7.82. The van der Waals surface area contributed by atoms with Crippen molar-refractivity contribution >= 4 is 17.5 Å². The molecule has 3 aromatic rings. The van der Waals surface area contributed by atoms with Crippen LogP contribution in [0.5, 0.6) is 5.75 Å². The van der Waals surface area contributed by atoms with Gasteiger partial charge in [-0.2, -0.15) is 0 Å². The van der Waals surface area contributed by atoms with Crippen molar-refractivity contribution in [3.05, 3.63) is 84.4 Å². The van der Waals surface area contributed by atoms with Crippen LogP contribution in [-0.4, -0.2) is 24.5 Å². The van der Waals surface area contributed by atoms with Gasteiger partial charge in [0.1, 0.15) is 5.75 Å². The number of benzene rings is 3. The molecule has 160 valence electrons. The molecule has 3 rings (SSSR count). The van der Waals surface area contributed by atoms with Crippen LogP contribution in [0, 0.1) is 0 Å². The molecule has 0 aromatic heterocycles. The van der Waals surface area contributed by atoms with Crippen molar-refractivity contribution in [1.29, 1.82) is 0 Å². The van der Waals surface area contributed by atoms with E-state index in [2.05, 4.69) is 17.6 Å². The van der Waals surface area contributed by atoms with Crippen LogP contribution in [0.4, 0.5) is 5.69 Å². The van der Waals surface area contributed by atoms with E-state index >= 15 is 0 Å². The molecule has 0 aliphatic carbocycles. The Morgan fingerprint density at radius 3 is 2.16 bits per heavy atom. The number of nitrogens with one attached hydrogen (secondary N) is 2. The van der Waals surface area contributed by atoms with E-state index in [1.165, 1.54) is 0 Å². The second-order valence-corrected chi connectivity index (χ2v) is 7.33. The Labute approximate surface area is 183 Å². The molecule has 0 saturated heterocycles. The molecule has 0 radical (unpaired) electrons. The summed E-state index contributed by atoms with van der Waals surface area (Å²) in [5.41, 5.74) is 3.40. The molecule has 5 heteroatoms. The lowest BCUT2D eigenvalue weighted by molar-refractivity contribution is -0.122. The number of hydrogen-bond acceptors (Lipinski definition) is 3. The third-order valence-corrected chi connectivity index (χ3v) is 4.87. The van der Waals surface area contributed by atoms with Crippen LogP contribution in [0.1, 0.15) is 37.0 Å². The van der Waals surface area contributed by atoms with Gasteiger partial charge >= 0.3 is 0 Å². The Hall–Kier alpha value is -3.60. The van der Waals surface area contributed by atoms with Gasteiger partial charge in [-0.05, 0) is 60.9 Å². The molecule has 0 fully saturated rings. The van der Waals surface area contributed by atoms with Crippen molar-refractivity contribution in [2.24, 2.45) is 0 Å². The van der Waals surface area contributed by atoms with Crippen LogP contribution in [0.25, 0.3) is 11.1 Å². The van der Waals surface area contributed by atoms with Gasteiger partial charge in [0, 0.05) is 17.8 Å². The minimum absolute atomic E-state index is 0.109. The van der Waals surface area contributed by atoms with Gasteiger partial charge in [-0.15, -0.1) is 0 Å². The first kappa shape index (κ1) is 22.1. The molecule has 1 unspecified atom stereocenters. The van der Waals surface area contributed by atoms with Crippen LogP contribution < -0.4 is 15.4 Å². The predicted molar refractivity (Wildman–Crippen MR) is 124 cm³/mol. The zero-order valence-electron chi connectivity index (χ0n) is 17.9. The average Bonchev–Trinajstić information content (AvgIpc) is 2.80. The van der Waals surface area contributed by atoms with Crippen molar-refractivity contribution in [1.82, 2.24) is 5.32 Å². The highest BCUT2D eigenvalue weighted by molar-refractivity contribution is 5.96. The van der Waals surface area contributed by atoms with Gasteiger partial charge in [-0.25, -0.2) is 0 Å². The number of hydrogen-bond donors (Lipinski definition) is 2. The van der Waals surface area contributed by atoms with Gasteiger partial charge in [0.15, 0.2) is 6.10 Å². The lowest BCUT2D eigenvalue weighted by Crippen LogP contribution is -2.30. The largest absolute Gasteiger partial charge is 0.481 e. The van der Waals surface area contributed by atoms with E-state index in [9.17, 15) is 9.59 Å². The second kappa shape index (κ2) is 11.0. The Bertz CT molecular complexity index is 983. The van der Waals surface area contributed by atoms with E-state index < -0.39 is 6.10 Å². The van der Waals surface area contributed by atoms with Gasteiger partial charge < -0.3 is 15.4 Å². The normalized spacial score (nSPS) is 11.4. The first-order chi connectivity index (χ1) is 15.1. The molecule has 2 amide bonds. The lowest BCUT2D eigenvalue weighted by Gasteiger charge is -2.15. The molecule has 2 N–H and O–H groups in total. The van der Waals surface area contributed by atoms with Crippen LogP contribution >= 0.6 is 0 Å². The first-order valence-corrected chi connectivity index (χ1v) is 10.6. The van der Waals surface area contributed by atoms with Crippen LogP contribution in [-0.2, 0) is 4.79 Å². The van der Waals surface area contributed by atoms with Gasteiger partial charge in [-0.1, -0.05) is 55.8 Å². The van der Waals surface area contributed by atoms with Crippen molar-refractivity contribution in [3.63, 3.8) is 0 Å². The third-order valence-electron chi connectivity index (χ3n) is 4.87. The van der Waals surface area contributed by atoms with Crippen molar-refractivity contribution in [3.8, 4) is 16.9 Å². The number of anilines is 1. The molecule has 5 nitrogen and oxygen atoms in total. The molecular weight excluding hydrogens is 388 g/mol. The van der Waals surface area contributed by atoms with E-state index in [4.69, 9.17) is 4.74 Å². The monoisotopic (exact) mass is 416 g/mol. The Morgan fingerprint density at radius 1 is 0.871 bits per heavy atom. The third kappa shape index (κ3) is 6.44. The molecule has 0 spiro atoms. The van der Waals surface area contributed by atoms with E-state index in [0.717, 1.165) is 24.0 Å². The SMILES string of the molecule is CCCCNC(=O)c1ccc(NC(=O)C(C)Oc2ccc(-c3ccccc3)cc2)cc1. The molecule has 0 saturated carbocycles. The molecule has 0 heterocycles. The quantitative estimate of drug-likeness (QED) is 0.466. The van der Waals surface area contributed by atoms with E-state index in [0.29, 0.717) is 23.5 Å². The maximum absolute atomic E-state index is 12.5. The zero-order valence-corrected chi connectivity index (χ0v) is 17.9. The molecule has 0 aliphatic heterocycles. The number of unbranched alkanes of at least 4 members (excludes halogenated alkanes) is 1. The zero-order chi connectivity index (χ0) is 22.1. The van der Waals surface area contributed by atoms with Gasteiger partial charge in [0.25, 0.3) is 11.8 Å². The summed E-state index contributed by atoms with van der Waals surface area (Å²) < 4.78 is 5.78. The molecule has 0 aliphatic rings. The number of rotatable bonds is 9. The maximum atomic E-state index is 12.5. The van der Waals surface area contributed by atoms with Gasteiger partial charge in [-0.3, -0.25) is 9.59 Å². The van der Waals surface area contributed by atoms with Crippen LogP contribution in [0.3, 0.4) is 0 Å². The summed E-state index contributed by atoms with van der Waals surface area (Å²) in [6, 6.07) is 24.6.